The van der Waals surface area contributed by atoms with Gasteiger partial charge in [0.25, 0.3) is 0 Å². The number of aryl methyl sites for hydroxylation is 2. The van der Waals surface area contributed by atoms with Gasteiger partial charge in [0.1, 0.15) is 0 Å². The van der Waals surface area contributed by atoms with Crippen molar-refractivity contribution in [3.05, 3.63) is 73.8 Å². The van der Waals surface area contributed by atoms with E-state index in [1.54, 1.807) is 18.4 Å². The van der Waals surface area contributed by atoms with E-state index in [0.717, 1.165) is 26.1 Å². The van der Waals surface area contributed by atoms with Crippen LogP contribution in [0.15, 0.2) is 62.4 Å². The summed E-state index contributed by atoms with van der Waals surface area (Å²) in [5, 5.41) is 6.79. The van der Waals surface area contributed by atoms with E-state index in [1.807, 2.05) is 23.0 Å². The van der Waals surface area contributed by atoms with E-state index in [0.29, 0.717) is 0 Å². The van der Waals surface area contributed by atoms with Gasteiger partial charge in [-0.1, -0.05) is 51.8 Å². The van der Waals surface area contributed by atoms with Crippen LogP contribution in [0.4, 0.5) is 0 Å². The second-order valence-corrected chi connectivity index (χ2v) is 7.30. The molecule has 0 bridgehead atoms. The summed E-state index contributed by atoms with van der Waals surface area (Å²) < 4.78 is 2.96. The number of hydrogen-bond donors (Lipinski definition) is 0. The summed E-state index contributed by atoms with van der Waals surface area (Å²) in [4.78, 5) is 5.21. The smallest absolute Gasteiger partial charge is 0.205 e. The van der Waals surface area contributed by atoms with Gasteiger partial charge in [-0.05, 0) is 37.1 Å². The molecule has 0 N–H and O–H groups in total. The Kier molecular flexibility index (Phi) is 5.11. The van der Waals surface area contributed by atoms with Crippen molar-refractivity contribution < 1.29 is 0 Å². The molecule has 1 aromatic heterocycles. The fourth-order valence-corrected chi connectivity index (χ4v) is 3.47. The van der Waals surface area contributed by atoms with E-state index in [2.05, 4.69) is 70.5 Å². The fourth-order valence-electron chi connectivity index (χ4n) is 2.40. The summed E-state index contributed by atoms with van der Waals surface area (Å²) in [7, 11) is 1.79. The van der Waals surface area contributed by atoms with Crippen molar-refractivity contribution in [2.75, 3.05) is 7.05 Å². The van der Waals surface area contributed by atoms with E-state index in [-0.39, 0.29) is 0 Å². The van der Waals surface area contributed by atoms with Crippen LogP contribution in [-0.4, -0.2) is 17.9 Å². The van der Waals surface area contributed by atoms with Gasteiger partial charge in [-0.25, -0.2) is 4.68 Å². The Hall–Kier alpha value is -1.98. The van der Waals surface area contributed by atoms with Crippen LogP contribution in [0.3, 0.4) is 0 Å². The lowest BCUT2D eigenvalue weighted by Gasteiger charge is -2.05. The van der Waals surface area contributed by atoms with Crippen molar-refractivity contribution in [3.8, 4) is 11.3 Å². The summed E-state index contributed by atoms with van der Waals surface area (Å²) in [5.74, 6) is 0. The van der Waals surface area contributed by atoms with Gasteiger partial charge in [-0.2, -0.15) is 5.10 Å². The zero-order valence-corrected chi connectivity index (χ0v) is 16.2. The van der Waals surface area contributed by atoms with Crippen LogP contribution in [0.25, 0.3) is 11.3 Å². The van der Waals surface area contributed by atoms with Crippen LogP contribution in [0, 0.1) is 13.8 Å². The van der Waals surface area contributed by atoms with Gasteiger partial charge in [-0.3, -0.25) is 4.99 Å². The average Bonchev–Trinajstić information content (AvgIpc) is 2.99. The van der Waals surface area contributed by atoms with Gasteiger partial charge in [-0.15, -0.1) is 11.3 Å². The zero-order chi connectivity index (χ0) is 17.1. The third kappa shape index (κ3) is 3.57. The minimum Gasteiger partial charge on any atom is -0.261 e. The molecule has 0 saturated heterocycles. The maximum atomic E-state index is 4.70. The van der Waals surface area contributed by atoms with Gasteiger partial charge in [0.2, 0.25) is 4.80 Å². The van der Waals surface area contributed by atoms with Crippen molar-refractivity contribution in [2.24, 2.45) is 10.1 Å². The molecule has 3 rings (SSSR count). The van der Waals surface area contributed by atoms with Crippen LogP contribution in [0.1, 0.15) is 16.7 Å². The molecule has 1 heterocycles. The molecule has 3 aromatic rings. The van der Waals surface area contributed by atoms with Gasteiger partial charge < -0.3 is 0 Å². The Morgan fingerprint density at radius 1 is 1.08 bits per heavy atom. The van der Waals surface area contributed by atoms with Crippen molar-refractivity contribution in [2.45, 2.75) is 13.8 Å². The minimum atomic E-state index is 0.870. The summed E-state index contributed by atoms with van der Waals surface area (Å²) >= 11 is 5.07. The largest absolute Gasteiger partial charge is 0.261 e. The summed E-state index contributed by atoms with van der Waals surface area (Å²) in [6.45, 7) is 4.19. The zero-order valence-electron chi connectivity index (χ0n) is 13.8. The third-order valence-corrected chi connectivity index (χ3v) is 5.20. The predicted molar refractivity (Wildman–Crippen MR) is 106 cm³/mol. The lowest BCUT2D eigenvalue weighted by Crippen LogP contribution is -2.11. The second-order valence-electron chi connectivity index (χ2n) is 5.55. The molecular formula is C19H18BrN3S. The maximum Gasteiger partial charge on any atom is 0.205 e. The lowest BCUT2D eigenvalue weighted by molar-refractivity contribution is 0.848. The Labute approximate surface area is 154 Å². The quantitative estimate of drug-likeness (QED) is 0.554. The highest BCUT2D eigenvalue weighted by atomic mass is 79.9. The van der Waals surface area contributed by atoms with E-state index < -0.39 is 0 Å². The molecule has 24 heavy (non-hydrogen) atoms. The first-order chi connectivity index (χ1) is 11.6. The Bertz CT molecular complexity index is 949. The van der Waals surface area contributed by atoms with Crippen molar-refractivity contribution >= 4 is 33.5 Å². The number of aromatic nitrogens is 1. The van der Waals surface area contributed by atoms with Gasteiger partial charge in [0, 0.05) is 22.5 Å². The van der Waals surface area contributed by atoms with Crippen LogP contribution < -0.4 is 4.80 Å². The molecule has 0 fully saturated rings. The Morgan fingerprint density at radius 2 is 1.83 bits per heavy atom. The van der Waals surface area contributed by atoms with Crippen LogP contribution in [-0.2, 0) is 0 Å². The van der Waals surface area contributed by atoms with Gasteiger partial charge >= 0.3 is 0 Å². The fraction of sp³-hybridized carbons (Fsp3) is 0.158. The molecule has 0 spiro atoms. The standard InChI is InChI=1S/C19H18BrN3S/c1-13-4-5-14(2)16(10-13)11-22-23-18(12-24-19(23)21-3)15-6-8-17(20)9-7-15/h4-12H,1-3H3. The van der Waals surface area contributed by atoms with Crippen molar-refractivity contribution in [3.63, 3.8) is 0 Å². The predicted octanol–water partition coefficient (Wildman–Crippen LogP) is 5.01. The van der Waals surface area contributed by atoms with E-state index in [4.69, 9.17) is 5.10 Å². The topological polar surface area (TPSA) is 29.6 Å². The van der Waals surface area contributed by atoms with Crippen molar-refractivity contribution in [1.29, 1.82) is 0 Å². The van der Waals surface area contributed by atoms with Gasteiger partial charge in [0.15, 0.2) is 0 Å². The number of halogens is 1. The maximum absolute atomic E-state index is 4.70. The molecule has 0 unspecified atom stereocenters. The second kappa shape index (κ2) is 7.28. The first kappa shape index (κ1) is 16.9. The normalized spacial score (nSPS) is 12.2. The van der Waals surface area contributed by atoms with E-state index >= 15 is 0 Å². The monoisotopic (exact) mass is 399 g/mol. The average molecular weight is 400 g/mol. The summed E-state index contributed by atoms with van der Waals surface area (Å²) in [5.41, 5.74) is 5.71. The van der Waals surface area contributed by atoms with E-state index in [9.17, 15) is 0 Å². The van der Waals surface area contributed by atoms with Crippen LogP contribution in [0.2, 0.25) is 0 Å². The third-order valence-electron chi connectivity index (χ3n) is 3.76. The van der Waals surface area contributed by atoms with Gasteiger partial charge in [0.05, 0.1) is 11.9 Å². The summed E-state index contributed by atoms with van der Waals surface area (Å²) in [6.07, 6.45) is 1.91. The van der Waals surface area contributed by atoms with Crippen molar-refractivity contribution in [1.82, 2.24) is 4.68 Å². The molecule has 122 valence electrons. The molecular weight excluding hydrogens is 382 g/mol. The lowest BCUT2D eigenvalue weighted by atomic mass is 10.1. The Morgan fingerprint density at radius 3 is 2.54 bits per heavy atom. The molecule has 0 atom stereocenters. The molecule has 0 aliphatic heterocycles. The highest BCUT2D eigenvalue weighted by Gasteiger charge is 2.07. The number of nitrogens with zero attached hydrogens (tertiary/aromatic N) is 3. The molecule has 3 nitrogen and oxygen atoms in total. The first-order valence-electron chi connectivity index (χ1n) is 7.59. The SMILES string of the molecule is CN=c1scc(-c2ccc(Br)cc2)n1N=Cc1cc(C)ccc1C. The highest BCUT2D eigenvalue weighted by Crippen LogP contribution is 2.22. The molecule has 0 aliphatic rings. The van der Waals surface area contributed by atoms with Crippen LogP contribution in [0.5, 0.6) is 0 Å². The molecule has 0 aliphatic carbocycles. The number of rotatable bonds is 3. The number of benzene rings is 2. The summed E-state index contributed by atoms with van der Waals surface area (Å²) in [6, 6.07) is 14.6. The van der Waals surface area contributed by atoms with Crippen LogP contribution >= 0.6 is 27.3 Å². The number of hydrogen-bond acceptors (Lipinski definition) is 3. The number of thiazole rings is 1. The highest BCUT2D eigenvalue weighted by molar-refractivity contribution is 9.10. The molecule has 0 amide bonds. The molecule has 5 heteroatoms. The minimum absolute atomic E-state index is 0.870. The Balaban J connectivity index is 2.07. The molecule has 0 radical (unpaired) electrons. The van der Waals surface area contributed by atoms with E-state index in [1.165, 1.54) is 11.1 Å². The molecule has 2 aromatic carbocycles. The first-order valence-corrected chi connectivity index (χ1v) is 9.26. The molecule has 0 saturated carbocycles.